The maximum atomic E-state index is 13.4. The van der Waals surface area contributed by atoms with Crippen LogP contribution in [0.15, 0.2) is 35.9 Å². The maximum Gasteiger partial charge on any atom is 0.270 e. The van der Waals surface area contributed by atoms with Crippen molar-refractivity contribution in [3.63, 3.8) is 0 Å². The summed E-state index contributed by atoms with van der Waals surface area (Å²) in [5, 5.41) is 2.73. The molecule has 2 amide bonds. The number of amides is 2. The molecule has 4 rings (SSSR count). The molecule has 2 aliphatic rings. The van der Waals surface area contributed by atoms with Crippen molar-refractivity contribution in [1.82, 2.24) is 9.88 Å². The van der Waals surface area contributed by atoms with Crippen LogP contribution >= 0.6 is 12.2 Å². The fraction of sp³-hybridized carbons (Fsp3) is 0.400. The first kappa shape index (κ1) is 22.3. The Morgan fingerprint density at radius 1 is 1.16 bits per heavy atom. The summed E-state index contributed by atoms with van der Waals surface area (Å²) in [6.07, 6.45) is 7.81. The van der Waals surface area contributed by atoms with Gasteiger partial charge in [-0.3, -0.25) is 19.8 Å². The summed E-state index contributed by atoms with van der Waals surface area (Å²) in [6, 6.07) is 9.68. The van der Waals surface area contributed by atoms with Gasteiger partial charge in [0.2, 0.25) is 0 Å². The minimum absolute atomic E-state index is 0.0680. The first-order valence-electron chi connectivity index (χ1n) is 11.2. The van der Waals surface area contributed by atoms with E-state index in [1.54, 1.807) is 24.3 Å². The minimum Gasteiger partial charge on any atom is -0.494 e. The molecule has 0 unspecified atom stereocenters. The van der Waals surface area contributed by atoms with Gasteiger partial charge in [-0.05, 0) is 75.7 Å². The molecule has 7 heteroatoms. The third-order valence-electron chi connectivity index (χ3n) is 6.25. The van der Waals surface area contributed by atoms with E-state index in [2.05, 4.69) is 29.8 Å². The largest absolute Gasteiger partial charge is 0.494 e. The van der Waals surface area contributed by atoms with Gasteiger partial charge in [0, 0.05) is 23.5 Å². The summed E-state index contributed by atoms with van der Waals surface area (Å²) >= 11 is 5.33. The molecule has 1 aromatic carbocycles. The van der Waals surface area contributed by atoms with Gasteiger partial charge in [-0.1, -0.05) is 25.3 Å². The lowest BCUT2D eigenvalue weighted by Gasteiger charge is -2.29. The summed E-state index contributed by atoms with van der Waals surface area (Å²) in [7, 11) is 0. The molecule has 0 atom stereocenters. The monoisotopic (exact) mass is 451 g/mol. The normalized spacial score (nSPS) is 18.9. The van der Waals surface area contributed by atoms with Gasteiger partial charge < -0.3 is 9.30 Å². The van der Waals surface area contributed by atoms with Crippen molar-refractivity contribution < 1.29 is 14.3 Å². The van der Waals surface area contributed by atoms with Crippen LogP contribution in [0.2, 0.25) is 0 Å². The molecule has 6 nitrogen and oxygen atoms in total. The molecule has 1 saturated heterocycles. The number of hydrogen-bond donors (Lipinski definition) is 1. The molecule has 1 aliphatic heterocycles. The van der Waals surface area contributed by atoms with E-state index in [0.29, 0.717) is 24.1 Å². The van der Waals surface area contributed by atoms with E-state index < -0.39 is 11.8 Å². The van der Waals surface area contributed by atoms with Crippen LogP contribution in [0.5, 0.6) is 5.75 Å². The lowest BCUT2D eigenvalue weighted by molar-refractivity contribution is -0.122. The standard InChI is InChI=1S/C25H29N3O3S/c1-4-31-21-12-8-11-20(15-21)28-24(30)22(23(29)26-25(28)32)14-18-13-16(2)27(17(18)3)19-9-6-5-7-10-19/h8,11-15,19H,4-7,9-10H2,1-3H3,(H,26,29,32)/b22-14+. The van der Waals surface area contributed by atoms with Crippen LogP contribution < -0.4 is 15.0 Å². The number of ether oxygens (including phenoxy) is 1. The Balaban J connectivity index is 1.69. The molecular weight excluding hydrogens is 422 g/mol. The SMILES string of the molecule is CCOc1cccc(N2C(=O)/C(=C/c3cc(C)n(C4CCCCC4)c3C)C(=O)NC2=S)c1. The number of anilines is 1. The maximum absolute atomic E-state index is 13.4. The van der Waals surface area contributed by atoms with E-state index in [4.69, 9.17) is 17.0 Å². The number of benzene rings is 1. The van der Waals surface area contributed by atoms with Gasteiger partial charge in [-0.2, -0.15) is 0 Å². The number of nitrogens with one attached hydrogen (secondary N) is 1. The van der Waals surface area contributed by atoms with Crippen LogP contribution in [0.1, 0.15) is 62.0 Å². The van der Waals surface area contributed by atoms with Crippen LogP contribution in [0, 0.1) is 13.8 Å². The zero-order valence-corrected chi connectivity index (χ0v) is 19.6. The molecule has 1 aliphatic carbocycles. The van der Waals surface area contributed by atoms with E-state index in [0.717, 1.165) is 17.0 Å². The first-order chi connectivity index (χ1) is 15.4. The quantitative estimate of drug-likeness (QED) is 0.401. The molecule has 1 saturated carbocycles. The topological polar surface area (TPSA) is 63.6 Å². The van der Waals surface area contributed by atoms with Crippen molar-refractivity contribution in [1.29, 1.82) is 0 Å². The van der Waals surface area contributed by atoms with Crippen molar-refractivity contribution in [3.05, 3.63) is 52.9 Å². The zero-order chi connectivity index (χ0) is 22.8. The zero-order valence-electron chi connectivity index (χ0n) is 18.8. The summed E-state index contributed by atoms with van der Waals surface area (Å²) in [5.74, 6) is -0.270. The molecule has 2 fully saturated rings. The Morgan fingerprint density at radius 2 is 1.91 bits per heavy atom. The number of nitrogens with zero attached hydrogens (tertiary/aromatic N) is 2. The minimum atomic E-state index is -0.473. The molecular formula is C25H29N3O3S. The Morgan fingerprint density at radius 3 is 2.62 bits per heavy atom. The summed E-state index contributed by atoms with van der Waals surface area (Å²) in [6.45, 7) is 6.56. The van der Waals surface area contributed by atoms with Gasteiger partial charge in [0.1, 0.15) is 11.3 Å². The molecule has 1 N–H and O–H groups in total. The van der Waals surface area contributed by atoms with Gasteiger partial charge in [0.15, 0.2) is 5.11 Å². The average Bonchev–Trinajstić information content (AvgIpc) is 3.05. The highest BCUT2D eigenvalue weighted by Gasteiger charge is 2.35. The highest BCUT2D eigenvalue weighted by atomic mass is 32.1. The van der Waals surface area contributed by atoms with Crippen molar-refractivity contribution in [2.24, 2.45) is 0 Å². The Bertz CT molecular complexity index is 1100. The number of carbonyl (C=O) groups is 2. The summed E-state index contributed by atoms with van der Waals surface area (Å²) < 4.78 is 7.92. The number of hydrogen-bond acceptors (Lipinski definition) is 4. The van der Waals surface area contributed by atoms with E-state index in [1.165, 1.54) is 37.0 Å². The van der Waals surface area contributed by atoms with Crippen molar-refractivity contribution >= 4 is 40.9 Å². The lowest BCUT2D eigenvalue weighted by atomic mass is 9.95. The van der Waals surface area contributed by atoms with Gasteiger partial charge >= 0.3 is 0 Å². The van der Waals surface area contributed by atoms with Crippen LogP contribution in [0.4, 0.5) is 5.69 Å². The number of carbonyl (C=O) groups excluding carboxylic acids is 2. The van der Waals surface area contributed by atoms with E-state index >= 15 is 0 Å². The Kier molecular flexibility index (Phi) is 6.46. The third kappa shape index (κ3) is 4.21. The smallest absolute Gasteiger partial charge is 0.270 e. The molecule has 0 spiro atoms. The predicted octanol–water partition coefficient (Wildman–Crippen LogP) is 4.84. The molecule has 2 aromatic rings. The van der Waals surface area contributed by atoms with Gasteiger partial charge in [0.25, 0.3) is 11.8 Å². The Labute approximate surface area is 194 Å². The van der Waals surface area contributed by atoms with Crippen LogP contribution in [-0.4, -0.2) is 28.1 Å². The second kappa shape index (κ2) is 9.28. The molecule has 0 bridgehead atoms. The molecule has 32 heavy (non-hydrogen) atoms. The van der Waals surface area contributed by atoms with Crippen LogP contribution in [-0.2, 0) is 9.59 Å². The van der Waals surface area contributed by atoms with E-state index in [9.17, 15) is 9.59 Å². The second-order valence-corrected chi connectivity index (χ2v) is 8.76. The van der Waals surface area contributed by atoms with Crippen LogP contribution in [0.25, 0.3) is 6.08 Å². The van der Waals surface area contributed by atoms with Crippen molar-refractivity contribution in [2.45, 2.75) is 58.9 Å². The van der Waals surface area contributed by atoms with Gasteiger partial charge in [-0.25, -0.2) is 0 Å². The van der Waals surface area contributed by atoms with E-state index in [-0.39, 0.29) is 10.7 Å². The van der Waals surface area contributed by atoms with Crippen LogP contribution in [0.3, 0.4) is 0 Å². The lowest BCUT2D eigenvalue weighted by Crippen LogP contribution is -2.54. The molecule has 2 heterocycles. The molecule has 1 aromatic heterocycles. The molecule has 0 radical (unpaired) electrons. The number of thiocarbonyl (C=S) groups is 1. The number of aryl methyl sites for hydroxylation is 1. The van der Waals surface area contributed by atoms with E-state index in [1.807, 2.05) is 13.0 Å². The van der Waals surface area contributed by atoms with Crippen molar-refractivity contribution in [3.8, 4) is 5.75 Å². The Hall–Kier alpha value is -2.93. The fourth-order valence-electron chi connectivity index (χ4n) is 4.78. The average molecular weight is 452 g/mol. The van der Waals surface area contributed by atoms with Crippen molar-refractivity contribution in [2.75, 3.05) is 11.5 Å². The van der Waals surface area contributed by atoms with Gasteiger partial charge in [-0.15, -0.1) is 0 Å². The summed E-state index contributed by atoms with van der Waals surface area (Å²) in [5.41, 5.74) is 3.76. The second-order valence-electron chi connectivity index (χ2n) is 8.38. The third-order valence-corrected chi connectivity index (χ3v) is 6.54. The number of aromatic nitrogens is 1. The highest BCUT2D eigenvalue weighted by molar-refractivity contribution is 7.80. The number of rotatable bonds is 5. The predicted molar refractivity (Wildman–Crippen MR) is 130 cm³/mol. The first-order valence-corrected chi connectivity index (χ1v) is 11.6. The highest BCUT2D eigenvalue weighted by Crippen LogP contribution is 2.33. The van der Waals surface area contributed by atoms with Gasteiger partial charge in [0.05, 0.1) is 12.3 Å². The molecule has 168 valence electrons. The summed E-state index contributed by atoms with van der Waals surface area (Å²) in [4.78, 5) is 27.5. The fourth-order valence-corrected chi connectivity index (χ4v) is 5.06.